The average molecular weight is 359 g/mol. The van der Waals surface area contributed by atoms with Crippen molar-refractivity contribution >= 4 is 10.0 Å². The molecule has 24 heavy (non-hydrogen) atoms. The van der Waals surface area contributed by atoms with Gasteiger partial charge in [-0.05, 0) is 24.6 Å². The van der Waals surface area contributed by atoms with Crippen LogP contribution in [-0.2, 0) is 15.6 Å². The standard InChI is InChI=1S/C16H16F3NO3S/c1-12-7-9-14(10-8-12)24(22,23)20-11-15(21,16(17,18)19)13-5-3-2-4-6-13/h2-10,20-21H,11H2,1H3/t15-/m0/s1. The van der Waals surface area contributed by atoms with Crippen LogP contribution in [0.15, 0.2) is 59.5 Å². The number of sulfonamides is 1. The van der Waals surface area contributed by atoms with Gasteiger partial charge in [-0.2, -0.15) is 13.2 Å². The van der Waals surface area contributed by atoms with E-state index in [1.807, 2.05) is 4.72 Å². The van der Waals surface area contributed by atoms with Crippen LogP contribution in [0.3, 0.4) is 0 Å². The monoisotopic (exact) mass is 359 g/mol. The summed E-state index contributed by atoms with van der Waals surface area (Å²) in [4.78, 5) is -0.175. The Bertz CT molecular complexity index is 790. The summed E-state index contributed by atoms with van der Waals surface area (Å²) >= 11 is 0. The van der Waals surface area contributed by atoms with E-state index >= 15 is 0 Å². The van der Waals surface area contributed by atoms with Gasteiger partial charge < -0.3 is 5.11 Å². The van der Waals surface area contributed by atoms with Gasteiger partial charge in [0.2, 0.25) is 10.0 Å². The molecule has 0 aliphatic heterocycles. The largest absolute Gasteiger partial charge is 0.422 e. The van der Waals surface area contributed by atoms with Gasteiger partial charge in [-0.3, -0.25) is 0 Å². The quantitative estimate of drug-likeness (QED) is 0.863. The van der Waals surface area contributed by atoms with E-state index in [-0.39, 0.29) is 4.90 Å². The van der Waals surface area contributed by atoms with Crippen LogP contribution in [0, 0.1) is 6.92 Å². The lowest BCUT2D eigenvalue weighted by Crippen LogP contribution is -2.51. The van der Waals surface area contributed by atoms with Crippen molar-refractivity contribution in [3.05, 3.63) is 65.7 Å². The van der Waals surface area contributed by atoms with Crippen LogP contribution in [-0.4, -0.2) is 26.2 Å². The van der Waals surface area contributed by atoms with Gasteiger partial charge in [-0.15, -0.1) is 0 Å². The Morgan fingerprint density at radius 2 is 1.54 bits per heavy atom. The van der Waals surface area contributed by atoms with Crippen molar-refractivity contribution < 1.29 is 26.7 Å². The molecule has 130 valence electrons. The summed E-state index contributed by atoms with van der Waals surface area (Å²) in [5, 5.41) is 10.1. The number of nitrogens with one attached hydrogen (secondary N) is 1. The normalized spacial score (nSPS) is 15.0. The molecule has 0 amide bonds. The van der Waals surface area contributed by atoms with E-state index < -0.39 is 33.9 Å². The van der Waals surface area contributed by atoms with Crippen molar-refractivity contribution in [2.75, 3.05) is 6.54 Å². The molecule has 0 radical (unpaired) electrons. The molecule has 0 aliphatic rings. The van der Waals surface area contributed by atoms with Gasteiger partial charge in [0.15, 0.2) is 5.60 Å². The molecule has 8 heteroatoms. The van der Waals surface area contributed by atoms with Gasteiger partial charge in [0, 0.05) is 0 Å². The number of benzene rings is 2. The first-order valence-corrected chi connectivity index (χ1v) is 8.45. The Hall–Kier alpha value is -1.90. The van der Waals surface area contributed by atoms with E-state index in [1.54, 1.807) is 6.92 Å². The number of halogens is 3. The maximum Gasteiger partial charge on any atom is 0.422 e. The molecule has 0 aromatic heterocycles. The molecule has 0 aliphatic carbocycles. The third-order valence-electron chi connectivity index (χ3n) is 3.57. The molecule has 0 spiro atoms. The highest BCUT2D eigenvalue weighted by atomic mass is 32.2. The van der Waals surface area contributed by atoms with E-state index in [1.165, 1.54) is 42.5 Å². The number of hydrogen-bond donors (Lipinski definition) is 2. The summed E-state index contributed by atoms with van der Waals surface area (Å²) in [7, 11) is -4.19. The van der Waals surface area contributed by atoms with Crippen LogP contribution in [0.25, 0.3) is 0 Å². The van der Waals surface area contributed by atoms with Gasteiger partial charge in [-0.25, -0.2) is 13.1 Å². The zero-order chi connectivity index (χ0) is 18.0. The van der Waals surface area contributed by atoms with Crippen LogP contribution in [0.4, 0.5) is 13.2 Å². The van der Waals surface area contributed by atoms with Crippen LogP contribution in [0.2, 0.25) is 0 Å². The van der Waals surface area contributed by atoms with Crippen molar-refractivity contribution in [3.8, 4) is 0 Å². The molecule has 2 N–H and O–H groups in total. The molecule has 0 saturated carbocycles. The fourth-order valence-electron chi connectivity index (χ4n) is 2.08. The van der Waals surface area contributed by atoms with Crippen LogP contribution < -0.4 is 4.72 Å². The van der Waals surface area contributed by atoms with Crippen molar-refractivity contribution in [3.63, 3.8) is 0 Å². The maximum absolute atomic E-state index is 13.3. The van der Waals surface area contributed by atoms with Crippen LogP contribution in [0.1, 0.15) is 11.1 Å². The van der Waals surface area contributed by atoms with Crippen LogP contribution >= 0.6 is 0 Å². The number of aliphatic hydroxyl groups is 1. The fourth-order valence-corrected chi connectivity index (χ4v) is 3.14. The Labute approximate surface area is 138 Å². The van der Waals surface area contributed by atoms with E-state index in [4.69, 9.17) is 0 Å². The predicted octanol–water partition coefficient (Wildman–Crippen LogP) is 2.72. The molecule has 2 rings (SSSR count). The van der Waals surface area contributed by atoms with Crippen molar-refractivity contribution in [2.45, 2.75) is 23.6 Å². The molecular weight excluding hydrogens is 343 g/mol. The topological polar surface area (TPSA) is 66.4 Å². The second kappa shape index (κ2) is 6.54. The molecule has 2 aromatic carbocycles. The zero-order valence-electron chi connectivity index (χ0n) is 12.7. The van der Waals surface area contributed by atoms with Gasteiger partial charge >= 0.3 is 6.18 Å². The van der Waals surface area contributed by atoms with Crippen molar-refractivity contribution in [2.24, 2.45) is 0 Å². The minimum atomic E-state index is -5.05. The van der Waals surface area contributed by atoms with E-state index in [9.17, 15) is 26.7 Å². The first kappa shape index (κ1) is 18.4. The third-order valence-corrected chi connectivity index (χ3v) is 4.99. The molecule has 0 fully saturated rings. The summed E-state index contributed by atoms with van der Waals surface area (Å²) in [5.74, 6) is 0. The van der Waals surface area contributed by atoms with Gasteiger partial charge in [0.1, 0.15) is 0 Å². The number of hydrogen-bond acceptors (Lipinski definition) is 3. The molecule has 0 saturated heterocycles. The summed E-state index contributed by atoms with van der Waals surface area (Å²) in [6, 6.07) is 12.0. The fraction of sp³-hybridized carbons (Fsp3) is 0.250. The maximum atomic E-state index is 13.3. The molecule has 2 aromatic rings. The summed E-state index contributed by atoms with van der Waals surface area (Å²) in [6.07, 6.45) is -5.05. The van der Waals surface area contributed by atoms with Gasteiger partial charge in [-0.1, -0.05) is 48.0 Å². The lowest BCUT2D eigenvalue weighted by Gasteiger charge is -2.31. The second-order valence-electron chi connectivity index (χ2n) is 5.36. The minimum absolute atomic E-state index is 0.175. The number of alkyl halides is 3. The summed E-state index contributed by atoms with van der Waals surface area (Å²) in [6.45, 7) is 0.526. The summed E-state index contributed by atoms with van der Waals surface area (Å²) < 4.78 is 66.2. The Kier molecular flexibility index (Phi) is 5.03. The van der Waals surface area contributed by atoms with Crippen molar-refractivity contribution in [1.82, 2.24) is 4.72 Å². The molecule has 0 unspecified atom stereocenters. The predicted molar refractivity (Wildman–Crippen MR) is 82.8 cm³/mol. The first-order valence-electron chi connectivity index (χ1n) is 6.97. The molecule has 0 heterocycles. The van der Waals surface area contributed by atoms with Gasteiger partial charge in [0.25, 0.3) is 0 Å². The first-order chi connectivity index (χ1) is 11.1. The van der Waals surface area contributed by atoms with E-state index in [0.29, 0.717) is 0 Å². The lowest BCUT2D eigenvalue weighted by molar-refractivity contribution is -0.263. The highest BCUT2D eigenvalue weighted by molar-refractivity contribution is 7.89. The Morgan fingerprint density at radius 1 is 1.00 bits per heavy atom. The minimum Gasteiger partial charge on any atom is -0.375 e. The molecule has 4 nitrogen and oxygen atoms in total. The highest BCUT2D eigenvalue weighted by Crippen LogP contribution is 2.38. The smallest absolute Gasteiger partial charge is 0.375 e. The molecule has 0 bridgehead atoms. The average Bonchev–Trinajstić information content (AvgIpc) is 2.53. The zero-order valence-corrected chi connectivity index (χ0v) is 13.5. The number of rotatable bonds is 5. The SMILES string of the molecule is Cc1ccc(S(=O)(=O)NC[C@](O)(c2ccccc2)C(F)(F)F)cc1. The number of aryl methyl sites for hydroxylation is 1. The second-order valence-corrected chi connectivity index (χ2v) is 7.13. The van der Waals surface area contributed by atoms with Gasteiger partial charge in [0.05, 0.1) is 11.4 Å². The molecule has 1 atom stereocenters. The summed E-state index contributed by atoms with van der Waals surface area (Å²) in [5.41, 5.74) is -2.96. The van der Waals surface area contributed by atoms with Crippen molar-refractivity contribution in [1.29, 1.82) is 0 Å². The Morgan fingerprint density at radius 3 is 2.04 bits per heavy atom. The highest BCUT2D eigenvalue weighted by Gasteiger charge is 2.55. The van der Waals surface area contributed by atoms with Crippen LogP contribution in [0.5, 0.6) is 0 Å². The van der Waals surface area contributed by atoms with E-state index in [2.05, 4.69) is 0 Å². The van der Waals surface area contributed by atoms with E-state index in [0.717, 1.165) is 17.7 Å². The lowest BCUT2D eigenvalue weighted by atomic mass is 9.93. The third kappa shape index (κ3) is 3.77. The Balaban J connectivity index is 2.30. The molecular formula is C16H16F3NO3S.